The Morgan fingerprint density at radius 3 is 3.23 bits per heavy atom. The van der Waals surface area contributed by atoms with E-state index in [9.17, 15) is 4.79 Å². The molecule has 0 spiro atoms. The van der Waals surface area contributed by atoms with Crippen LogP contribution < -0.4 is 5.32 Å². The molecule has 1 aliphatic rings. The van der Waals surface area contributed by atoms with Gasteiger partial charge in [0.25, 0.3) is 0 Å². The molecule has 0 saturated heterocycles. The standard InChI is InChI=1S/C9H10N2OS/c1-2-13-8-4-3-6-5-7(12)10-9(6)11-8/h3-4H,2,5H2,1H3,(H,10,11,12). The molecule has 2 heterocycles. The average Bonchev–Trinajstić information content (AvgIpc) is 2.44. The zero-order chi connectivity index (χ0) is 9.26. The lowest BCUT2D eigenvalue weighted by molar-refractivity contribution is -0.115. The molecule has 0 fully saturated rings. The summed E-state index contributed by atoms with van der Waals surface area (Å²) in [5.41, 5.74) is 1.01. The summed E-state index contributed by atoms with van der Waals surface area (Å²) in [6.07, 6.45) is 0.472. The van der Waals surface area contributed by atoms with Gasteiger partial charge >= 0.3 is 0 Å². The molecule has 0 atom stereocenters. The average molecular weight is 194 g/mol. The normalized spacial score (nSPS) is 14.1. The molecule has 0 bridgehead atoms. The fraction of sp³-hybridized carbons (Fsp3) is 0.333. The topological polar surface area (TPSA) is 42.0 Å². The largest absolute Gasteiger partial charge is 0.310 e. The smallest absolute Gasteiger partial charge is 0.230 e. The number of pyridine rings is 1. The third-order valence-electron chi connectivity index (χ3n) is 1.85. The molecule has 4 heteroatoms. The Hall–Kier alpha value is -1.03. The minimum atomic E-state index is 0.0427. The summed E-state index contributed by atoms with van der Waals surface area (Å²) >= 11 is 1.68. The van der Waals surface area contributed by atoms with Crippen molar-refractivity contribution in [2.75, 3.05) is 11.1 Å². The second-order valence-electron chi connectivity index (χ2n) is 2.82. The van der Waals surface area contributed by atoms with Crippen molar-refractivity contribution in [1.82, 2.24) is 4.98 Å². The molecule has 1 aromatic rings. The van der Waals surface area contributed by atoms with E-state index in [1.54, 1.807) is 11.8 Å². The molecular formula is C9H10N2OS. The first-order valence-corrected chi connectivity index (χ1v) is 5.20. The summed E-state index contributed by atoms with van der Waals surface area (Å²) in [5, 5.41) is 3.71. The van der Waals surface area contributed by atoms with E-state index in [4.69, 9.17) is 0 Å². The van der Waals surface area contributed by atoms with Crippen LogP contribution in [0.15, 0.2) is 17.2 Å². The van der Waals surface area contributed by atoms with Gasteiger partial charge in [-0.1, -0.05) is 13.0 Å². The van der Waals surface area contributed by atoms with E-state index in [1.807, 2.05) is 12.1 Å². The molecule has 1 amide bonds. The van der Waals surface area contributed by atoms with E-state index in [-0.39, 0.29) is 5.91 Å². The predicted molar refractivity (Wildman–Crippen MR) is 53.0 cm³/mol. The lowest BCUT2D eigenvalue weighted by Gasteiger charge is -2.00. The Morgan fingerprint density at radius 2 is 2.46 bits per heavy atom. The van der Waals surface area contributed by atoms with Crippen LogP contribution in [0, 0.1) is 0 Å². The SMILES string of the molecule is CCSc1ccc2c(n1)NC(=O)C2. The number of fused-ring (bicyclic) bond motifs is 1. The molecule has 0 aromatic carbocycles. The Bertz CT molecular complexity index is 351. The van der Waals surface area contributed by atoms with Crippen molar-refractivity contribution in [2.24, 2.45) is 0 Å². The van der Waals surface area contributed by atoms with Gasteiger partial charge in [-0.05, 0) is 11.8 Å². The molecule has 0 unspecified atom stereocenters. The number of nitrogens with zero attached hydrogens (tertiary/aromatic N) is 1. The molecule has 1 aromatic heterocycles. The van der Waals surface area contributed by atoms with Crippen LogP contribution in [0.4, 0.5) is 5.82 Å². The molecule has 0 radical (unpaired) electrons. The van der Waals surface area contributed by atoms with Crippen LogP contribution in [0.3, 0.4) is 0 Å². The van der Waals surface area contributed by atoms with Gasteiger partial charge in [-0.15, -0.1) is 11.8 Å². The molecule has 13 heavy (non-hydrogen) atoms. The number of hydrogen-bond acceptors (Lipinski definition) is 3. The summed E-state index contributed by atoms with van der Waals surface area (Å²) < 4.78 is 0. The minimum absolute atomic E-state index is 0.0427. The summed E-state index contributed by atoms with van der Waals surface area (Å²) in [5.74, 6) is 1.78. The van der Waals surface area contributed by atoms with Gasteiger partial charge in [-0.25, -0.2) is 4.98 Å². The fourth-order valence-electron chi connectivity index (χ4n) is 1.30. The molecule has 3 nitrogen and oxygen atoms in total. The Balaban J connectivity index is 2.29. The van der Waals surface area contributed by atoms with Crippen molar-refractivity contribution in [3.05, 3.63) is 17.7 Å². The molecule has 2 rings (SSSR count). The molecular weight excluding hydrogens is 184 g/mol. The monoisotopic (exact) mass is 194 g/mol. The fourth-order valence-corrected chi connectivity index (χ4v) is 1.91. The van der Waals surface area contributed by atoms with Gasteiger partial charge < -0.3 is 5.32 Å². The van der Waals surface area contributed by atoms with Gasteiger partial charge in [-0.2, -0.15) is 0 Å². The zero-order valence-electron chi connectivity index (χ0n) is 7.33. The number of carbonyl (C=O) groups excluding carboxylic acids is 1. The van der Waals surface area contributed by atoms with Gasteiger partial charge in [0.05, 0.1) is 11.4 Å². The van der Waals surface area contributed by atoms with Crippen LogP contribution >= 0.6 is 11.8 Å². The van der Waals surface area contributed by atoms with Crippen molar-refractivity contribution in [3.8, 4) is 0 Å². The van der Waals surface area contributed by atoms with Gasteiger partial charge in [-0.3, -0.25) is 4.79 Å². The first-order chi connectivity index (χ1) is 6.29. The summed E-state index contributed by atoms with van der Waals surface area (Å²) in [7, 11) is 0. The summed E-state index contributed by atoms with van der Waals surface area (Å²) in [6, 6.07) is 3.94. The van der Waals surface area contributed by atoms with Crippen molar-refractivity contribution >= 4 is 23.5 Å². The number of aromatic nitrogens is 1. The third-order valence-corrected chi connectivity index (χ3v) is 2.67. The number of nitrogens with one attached hydrogen (secondary N) is 1. The number of hydrogen-bond donors (Lipinski definition) is 1. The molecule has 0 aliphatic carbocycles. The van der Waals surface area contributed by atoms with Crippen LogP contribution in [-0.4, -0.2) is 16.6 Å². The van der Waals surface area contributed by atoms with E-state index in [0.29, 0.717) is 6.42 Å². The van der Waals surface area contributed by atoms with Crippen molar-refractivity contribution < 1.29 is 4.79 Å². The first-order valence-electron chi connectivity index (χ1n) is 4.22. The Kier molecular flexibility index (Phi) is 2.22. The van der Waals surface area contributed by atoms with Gasteiger partial charge in [0.15, 0.2) is 0 Å². The Morgan fingerprint density at radius 1 is 1.62 bits per heavy atom. The highest BCUT2D eigenvalue weighted by Gasteiger charge is 2.18. The first kappa shape index (κ1) is 8.56. The highest BCUT2D eigenvalue weighted by molar-refractivity contribution is 7.99. The lowest BCUT2D eigenvalue weighted by atomic mass is 10.2. The number of thioether (sulfide) groups is 1. The zero-order valence-corrected chi connectivity index (χ0v) is 8.15. The quantitative estimate of drug-likeness (QED) is 0.728. The second kappa shape index (κ2) is 3.38. The number of carbonyl (C=O) groups is 1. The predicted octanol–water partition coefficient (Wildman–Crippen LogP) is 1.69. The number of amides is 1. The van der Waals surface area contributed by atoms with Crippen LogP contribution in [0.25, 0.3) is 0 Å². The maximum atomic E-state index is 11.0. The maximum Gasteiger partial charge on any atom is 0.230 e. The second-order valence-corrected chi connectivity index (χ2v) is 4.10. The minimum Gasteiger partial charge on any atom is -0.310 e. The van der Waals surface area contributed by atoms with E-state index in [1.165, 1.54) is 0 Å². The van der Waals surface area contributed by atoms with Crippen LogP contribution in [0.5, 0.6) is 0 Å². The van der Waals surface area contributed by atoms with E-state index < -0.39 is 0 Å². The van der Waals surface area contributed by atoms with Crippen molar-refractivity contribution in [1.29, 1.82) is 0 Å². The van der Waals surface area contributed by atoms with Crippen molar-refractivity contribution in [2.45, 2.75) is 18.4 Å². The molecule has 1 N–H and O–H groups in total. The van der Waals surface area contributed by atoms with Crippen LogP contribution in [-0.2, 0) is 11.2 Å². The van der Waals surface area contributed by atoms with Crippen LogP contribution in [0.1, 0.15) is 12.5 Å². The maximum absolute atomic E-state index is 11.0. The lowest BCUT2D eigenvalue weighted by Crippen LogP contribution is -2.04. The third kappa shape index (κ3) is 1.67. The van der Waals surface area contributed by atoms with Gasteiger partial charge in [0, 0.05) is 5.56 Å². The van der Waals surface area contributed by atoms with E-state index in [0.717, 1.165) is 22.2 Å². The Labute approximate surface area is 80.9 Å². The van der Waals surface area contributed by atoms with Gasteiger partial charge in [0.1, 0.15) is 5.82 Å². The highest BCUT2D eigenvalue weighted by Crippen LogP contribution is 2.24. The summed E-state index contributed by atoms with van der Waals surface area (Å²) in [6.45, 7) is 2.08. The summed E-state index contributed by atoms with van der Waals surface area (Å²) in [4.78, 5) is 15.3. The molecule has 68 valence electrons. The van der Waals surface area contributed by atoms with Gasteiger partial charge in [0.2, 0.25) is 5.91 Å². The van der Waals surface area contributed by atoms with E-state index >= 15 is 0 Å². The molecule has 1 aliphatic heterocycles. The number of rotatable bonds is 2. The highest BCUT2D eigenvalue weighted by atomic mass is 32.2. The van der Waals surface area contributed by atoms with Crippen LogP contribution in [0.2, 0.25) is 0 Å². The van der Waals surface area contributed by atoms with Crippen molar-refractivity contribution in [3.63, 3.8) is 0 Å². The number of anilines is 1. The molecule has 0 saturated carbocycles. The van der Waals surface area contributed by atoms with E-state index in [2.05, 4.69) is 17.2 Å².